The highest BCUT2D eigenvalue weighted by Crippen LogP contribution is 2.28. The highest BCUT2D eigenvalue weighted by molar-refractivity contribution is 7.92. The third-order valence-electron chi connectivity index (χ3n) is 6.36. The molecule has 39 heavy (non-hydrogen) atoms. The smallest absolute Gasteiger partial charge is 0.410 e. The summed E-state index contributed by atoms with van der Waals surface area (Å²) in [6.07, 6.45) is 5.01. The van der Waals surface area contributed by atoms with Gasteiger partial charge in [-0.3, -0.25) is 0 Å². The van der Waals surface area contributed by atoms with Crippen LogP contribution in [-0.2, 0) is 14.6 Å². The largest absolute Gasteiger partial charge is 0.444 e. The Hall–Kier alpha value is -4.06. The van der Waals surface area contributed by atoms with Crippen molar-refractivity contribution in [3.05, 3.63) is 66.9 Å². The number of benzene rings is 1. The number of ether oxygens (including phenoxy) is 1. The normalized spacial score (nSPS) is 14.9. The number of carbonyl (C=O) groups excluding carboxylic acids is 1. The fourth-order valence-corrected chi connectivity index (χ4v) is 6.03. The predicted molar refractivity (Wildman–Crippen MR) is 144 cm³/mol. The second-order valence-electron chi connectivity index (χ2n) is 10.4. The molecule has 0 radical (unpaired) electrons. The summed E-state index contributed by atoms with van der Waals surface area (Å²) >= 11 is 0. The molecule has 1 saturated heterocycles. The number of sulfone groups is 1. The van der Waals surface area contributed by atoms with Gasteiger partial charge in [0.25, 0.3) is 0 Å². The van der Waals surface area contributed by atoms with Gasteiger partial charge in [0.2, 0.25) is 0 Å². The van der Waals surface area contributed by atoms with E-state index in [-0.39, 0.29) is 36.6 Å². The van der Waals surface area contributed by atoms with Crippen molar-refractivity contribution in [1.29, 1.82) is 0 Å². The Labute approximate surface area is 225 Å². The van der Waals surface area contributed by atoms with E-state index in [2.05, 4.69) is 20.4 Å². The van der Waals surface area contributed by atoms with Gasteiger partial charge in [0.1, 0.15) is 17.2 Å². The van der Waals surface area contributed by atoms with E-state index in [1.807, 2.05) is 0 Å². The van der Waals surface area contributed by atoms with Crippen LogP contribution in [0.15, 0.2) is 66.1 Å². The van der Waals surface area contributed by atoms with Crippen molar-refractivity contribution in [2.24, 2.45) is 0 Å². The summed E-state index contributed by atoms with van der Waals surface area (Å²) in [5.74, 6) is -0.173. The highest BCUT2D eigenvalue weighted by atomic mass is 32.2. The molecular formula is C27H29FN6O4S. The van der Waals surface area contributed by atoms with Gasteiger partial charge in [0.05, 0.1) is 22.1 Å². The Morgan fingerprint density at radius 2 is 1.90 bits per heavy atom. The highest BCUT2D eigenvalue weighted by Gasteiger charge is 2.35. The number of piperidine rings is 1. The maximum Gasteiger partial charge on any atom is 0.410 e. The Morgan fingerprint density at radius 3 is 2.56 bits per heavy atom. The molecule has 3 aromatic heterocycles. The fraction of sp³-hybridized carbons (Fsp3) is 0.333. The summed E-state index contributed by atoms with van der Waals surface area (Å²) in [7, 11) is -3.74. The standard InChI is InChI=1S/C27H29FN6O4S/c1-27(2,3)38-26(35)33-13-9-20(10-14-33)39(36,37)25-8-5-18-17-29-24(16-23(18)32-25)31-22-7-6-19(15-21(22)28)34-12-4-11-30-34/h4-8,11-12,15-17,20H,9-10,13-14H2,1-3H3,(H,29,31). The molecule has 0 atom stereocenters. The number of hydrogen-bond donors (Lipinski definition) is 1. The minimum Gasteiger partial charge on any atom is -0.444 e. The number of nitrogens with one attached hydrogen (secondary N) is 1. The number of aromatic nitrogens is 4. The first kappa shape index (κ1) is 26.5. The molecule has 0 aliphatic carbocycles. The molecule has 1 N–H and O–H groups in total. The quantitative estimate of drug-likeness (QED) is 0.372. The molecule has 0 spiro atoms. The lowest BCUT2D eigenvalue weighted by Crippen LogP contribution is -2.44. The number of anilines is 2. The van der Waals surface area contributed by atoms with Crippen molar-refractivity contribution in [2.45, 2.75) is 49.5 Å². The van der Waals surface area contributed by atoms with Gasteiger partial charge in [-0.05, 0) is 63.9 Å². The zero-order chi connectivity index (χ0) is 27.8. The molecule has 204 valence electrons. The minimum absolute atomic E-state index is 0.0439. The monoisotopic (exact) mass is 552 g/mol. The molecule has 4 aromatic rings. The lowest BCUT2D eigenvalue weighted by atomic mass is 10.1. The summed E-state index contributed by atoms with van der Waals surface area (Å²) in [5.41, 5.74) is 0.571. The lowest BCUT2D eigenvalue weighted by Gasteiger charge is -2.33. The van der Waals surface area contributed by atoms with Crippen LogP contribution < -0.4 is 5.32 Å². The molecule has 0 unspecified atom stereocenters. The summed E-state index contributed by atoms with van der Waals surface area (Å²) in [6, 6.07) is 11.1. The SMILES string of the molecule is CC(C)(C)OC(=O)N1CCC(S(=O)(=O)c2ccc3cnc(Nc4ccc(-n5cccn5)cc4F)cc3n2)CC1. The number of pyridine rings is 2. The maximum absolute atomic E-state index is 14.8. The van der Waals surface area contributed by atoms with Crippen molar-refractivity contribution in [3.8, 4) is 5.69 Å². The van der Waals surface area contributed by atoms with Crippen LogP contribution in [-0.4, -0.2) is 63.1 Å². The van der Waals surface area contributed by atoms with Crippen molar-refractivity contribution >= 4 is 38.3 Å². The Morgan fingerprint density at radius 1 is 1.13 bits per heavy atom. The maximum atomic E-state index is 14.8. The molecule has 12 heteroatoms. The zero-order valence-corrected chi connectivity index (χ0v) is 22.7. The third-order valence-corrected chi connectivity index (χ3v) is 8.52. The first-order chi connectivity index (χ1) is 18.5. The summed E-state index contributed by atoms with van der Waals surface area (Å²) in [6.45, 7) is 5.95. The van der Waals surface area contributed by atoms with Crippen LogP contribution in [0.4, 0.5) is 20.7 Å². The van der Waals surface area contributed by atoms with E-state index in [0.29, 0.717) is 22.4 Å². The molecular weight excluding hydrogens is 523 g/mol. The number of hydrogen-bond acceptors (Lipinski definition) is 8. The van der Waals surface area contributed by atoms with Crippen LogP contribution in [0.2, 0.25) is 0 Å². The minimum atomic E-state index is -3.74. The Kier molecular flexibility index (Phi) is 6.98. The third kappa shape index (κ3) is 5.85. The van der Waals surface area contributed by atoms with Gasteiger partial charge in [-0.1, -0.05) is 0 Å². The number of likely N-dealkylation sites (tertiary alicyclic amines) is 1. The molecule has 1 aromatic carbocycles. The molecule has 0 bridgehead atoms. The first-order valence-corrected chi connectivity index (χ1v) is 14.1. The number of rotatable bonds is 5. The lowest BCUT2D eigenvalue weighted by molar-refractivity contribution is 0.0217. The van der Waals surface area contributed by atoms with Crippen molar-refractivity contribution in [1.82, 2.24) is 24.6 Å². The number of fused-ring (bicyclic) bond motifs is 1. The van der Waals surface area contributed by atoms with Gasteiger partial charge in [0.15, 0.2) is 14.9 Å². The molecule has 10 nitrogen and oxygen atoms in total. The second-order valence-corrected chi connectivity index (χ2v) is 12.5. The molecule has 4 heterocycles. The molecule has 5 rings (SSSR count). The van der Waals surface area contributed by atoms with Crippen LogP contribution in [0.25, 0.3) is 16.6 Å². The van der Waals surface area contributed by atoms with Gasteiger partial charge in [-0.15, -0.1) is 0 Å². The molecule has 1 aliphatic rings. The topological polar surface area (TPSA) is 119 Å². The Balaban J connectivity index is 1.31. The number of nitrogens with zero attached hydrogens (tertiary/aromatic N) is 5. The van der Waals surface area contributed by atoms with Crippen molar-refractivity contribution in [3.63, 3.8) is 0 Å². The van der Waals surface area contributed by atoms with Crippen LogP contribution in [0.3, 0.4) is 0 Å². The summed E-state index contributed by atoms with van der Waals surface area (Å²) in [5, 5.41) is 6.97. The van der Waals surface area contributed by atoms with Gasteiger partial charge < -0.3 is 15.0 Å². The van der Waals surface area contributed by atoms with E-state index in [9.17, 15) is 17.6 Å². The van der Waals surface area contributed by atoms with Gasteiger partial charge in [-0.25, -0.2) is 32.3 Å². The van der Waals surface area contributed by atoms with Crippen LogP contribution in [0.5, 0.6) is 0 Å². The van der Waals surface area contributed by atoms with Gasteiger partial charge >= 0.3 is 6.09 Å². The van der Waals surface area contributed by atoms with E-state index in [1.54, 1.807) is 74.4 Å². The van der Waals surface area contributed by atoms with Crippen LogP contribution >= 0.6 is 0 Å². The van der Waals surface area contributed by atoms with E-state index in [4.69, 9.17) is 4.74 Å². The van der Waals surface area contributed by atoms with E-state index < -0.39 is 32.6 Å². The number of halogens is 1. The second kappa shape index (κ2) is 10.3. The van der Waals surface area contributed by atoms with E-state index in [0.717, 1.165) is 0 Å². The molecule has 1 aliphatic heterocycles. The average molecular weight is 553 g/mol. The zero-order valence-electron chi connectivity index (χ0n) is 21.8. The van der Waals surface area contributed by atoms with E-state index in [1.165, 1.54) is 17.0 Å². The van der Waals surface area contributed by atoms with Gasteiger partial charge in [-0.2, -0.15) is 5.10 Å². The van der Waals surface area contributed by atoms with Crippen molar-refractivity contribution < 1.29 is 22.3 Å². The summed E-state index contributed by atoms with van der Waals surface area (Å²) in [4.78, 5) is 22.6. The molecule has 1 amide bonds. The number of carbonyl (C=O) groups is 1. The fourth-order valence-electron chi connectivity index (χ4n) is 4.38. The van der Waals surface area contributed by atoms with Crippen molar-refractivity contribution in [2.75, 3.05) is 18.4 Å². The Bertz CT molecular complexity index is 1610. The summed E-state index contributed by atoms with van der Waals surface area (Å²) < 4.78 is 48.5. The van der Waals surface area contributed by atoms with Crippen LogP contribution in [0.1, 0.15) is 33.6 Å². The van der Waals surface area contributed by atoms with Gasteiger partial charge in [0, 0.05) is 49.2 Å². The van der Waals surface area contributed by atoms with E-state index >= 15 is 0 Å². The predicted octanol–water partition coefficient (Wildman–Crippen LogP) is 4.87. The molecule has 0 saturated carbocycles. The number of amides is 1. The van der Waals surface area contributed by atoms with Crippen LogP contribution in [0, 0.1) is 5.82 Å². The average Bonchev–Trinajstić information content (AvgIpc) is 3.44. The first-order valence-electron chi connectivity index (χ1n) is 12.5. The molecule has 1 fully saturated rings.